The van der Waals surface area contributed by atoms with Gasteiger partial charge in [0.15, 0.2) is 5.82 Å². The third kappa shape index (κ3) is 5.78. The van der Waals surface area contributed by atoms with Crippen molar-refractivity contribution in [2.45, 2.75) is 31.0 Å². The molecule has 1 fully saturated rings. The van der Waals surface area contributed by atoms with Crippen LogP contribution in [0.5, 0.6) is 0 Å². The topological polar surface area (TPSA) is 139 Å². The number of alkyl halides is 3. The van der Waals surface area contributed by atoms with E-state index in [2.05, 4.69) is 32.6 Å². The van der Waals surface area contributed by atoms with Crippen LogP contribution >= 0.6 is 0 Å². The van der Waals surface area contributed by atoms with Crippen molar-refractivity contribution >= 4 is 17.8 Å². The summed E-state index contributed by atoms with van der Waals surface area (Å²) in [5.41, 5.74) is 7.34. The number of hydrogen-bond acceptors (Lipinski definition) is 6. The number of amides is 2. The fourth-order valence-electron chi connectivity index (χ4n) is 3.72. The van der Waals surface area contributed by atoms with Crippen molar-refractivity contribution in [1.29, 1.82) is 0 Å². The van der Waals surface area contributed by atoms with Gasteiger partial charge in [-0.05, 0) is 24.5 Å². The molecule has 0 spiro atoms. The molecular weight excluding hydrogens is 455 g/mol. The molecule has 0 aliphatic carbocycles. The Morgan fingerprint density at radius 2 is 1.76 bits per heavy atom. The molecular formula is C21H24F3N7O3. The van der Waals surface area contributed by atoms with Crippen LogP contribution in [0.15, 0.2) is 48.8 Å². The zero-order valence-electron chi connectivity index (χ0n) is 18.1. The van der Waals surface area contributed by atoms with Gasteiger partial charge in [-0.1, -0.05) is 30.3 Å². The van der Waals surface area contributed by atoms with Crippen LogP contribution in [-0.2, 0) is 16.8 Å². The minimum atomic E-state index is -5.08. The number of rotatable bonds is 4. The fourth-order valence-corrected chi connectivity index (χ4v) is 3.72. The summed E-state index contributed by atoms with van der Waals surface area (Å²) in [5.74, 6) is -1.58. The Morgan fingerprint density at radius 1 is 1.12 bits per heavy atom. The van der Waals surface area contributed by atoms with Gasteiger partial charge in [0, 0.05) is 37.4 Å². The Morgan fingerprint density at radius 3 is 2.35 bits per heavy atom. The number of benzene rings is 1. The van der Waals surface area contributed by atoms with E-state index in [0.717, 1.165) is 12.8 Å². The van der Waals surface area contributed by atoms with Gasteiger partial charge in [0.1, 0.15) is 0 Å². The fraction of sp³-hybridized carbons (Fsp3) is 0.381. The van der Waals surface area contributed by atoms with E-state index in [1.165, 1.54) is 5.56 Å². The molecule has 4 N–H and O–H groups in total. The van der Waals surface area contributed by atoms with Gasteiger partial charge in [-0.25, -0.2) is 14.6 Å². The van der Waals surface area contributed by atoms with Crippen molar-refractivity contribution in [3.63, 3.8) is 0 Å². The van der Waals surface area contributed by atoms with Crippen molar-refractivity contribution in [3.05, 3.63) is 60.2 Å². The van der Waals surface area contributed by atoms with Gasteiger partial charge in [-0.15, -0.1) is 10.2 Å². The summed E-state index contributed by atoms with van der Waals surface area (Å²) in [7, 11) is 0. The standard InChI is InChI=1S/C19H23N7O.C2HF3O2/c20-14-19(15-5-2-1-3-6-15)7-11-25(12-8-19)18(27)22-13-16-23-24-17-21-9-4-10-26(16)17;3-2(4,5)1(6)7/h1-6,9-10H,7-8,11-14,20H2,(H,22,27);(H,6,7). The Balaban J connectivity index is 0.000000406. The third-order valence-corrected chi connectivity index (χ3v) is 5.68. The average molecular weight is 479 g/mol. The number of carboxylic acids is 1. The number of fused-ring (bicyclic) bond motifs is 1. The molecule has 3 heterocycles. The summed E-state index contributed by atoms with van der Waals surface area (Å²) in [5, 5.41) is 18.1. The monoisotopic (exact) mass is 479 g/mol. The summed E-state index contributed by atoms with van der Waals surface area (Å²) in [4.78, 5) is 27.4. The predicted octanol–water partition coefficient (Wildman–Crippen LogP) is 1.96. The molecule has 0 radical (unpaired) electrons. The molecule has 2 amide bonds. The van der Waals surface area contributed by atoms with Crippen LogP contribution in [0.25, 0.3) is 5.78 Å². The van der Waals surface area contributed by atoms with Crippen molar-refractivity contribution < 1.29 is 27.9 Å². The smallest absolute Gasteiger partial charge is 0.475 e. The van der Waals surface area contributed by atoms with Gasteiger partial charge < -0.3 is 21.1 Å². The van der Waals surface area contributed by atoms with E-state index in [1.807, 2.05) is 35.4 Å². The van der Waals surface area contributed by atoms with E-state index < -0.39 is 12.1 Å². The summed E-state index contributed by atoms with van der Waals surface area (Å²) in [6.45, 7) is 2.26. The minimum Gasteiger partial charge on any atom is -0.475 e. The number of likely N-dealkylation sites (tertiary alicyclic amines) is 1. The lowest BCUT2D eigenvalue weighted by molar-refractivity contribution is -0.192. The first-order valence-electron chi connectivity index (χ1n) is 10.4. The lowest BCUT2D eigenvalue weighted by Crippen LogP contribution is -2.51. The van der Waals surface area contributed by atoms with Gasteiger partial charge in [0.05, 0.1) is 6.54 Å². The number of nitrogens with two attached hydrogens (primary N) is 1. The highest BCUT2D eigenvalue weighted by Gasteiger charge is 2.38. The molecule has 10 nitrogen and oxygen atoms in total. The maximum absolute atomic E-state index is 12.6. The van der Waals surface area contributed by atoms with Gasteiger partial charge in [0.25, 0.3) is 5.78 Å². The number of carbonyl (C=O) groups excluding carboxylic acids is 1. The second-order valence-corrected chi connectivity index (χ2v) is 7.71. The van der Waals surface area contributed by atoms with E-state index in [4.69, 9.17) is 15.6 Å². The number of nitrogens with one attached hydrogen (secondary N) is 1. The van der Waals surface area contributed by atoms with Crippen LogP contribution in [0.4, 0.5) is 18.0 Å². The minimum absolute atomic E-state index is 0.0487. The van der Waals surface area contributed by atoms with Crippen molar-refractivity contribution in [2.24, 2.45) is 5.73 Å². The predicted molar refractivity (Wildman–Crippen MR) is 115 cm³/mol. The van der Waals surface area contributed by atoms with E-state index in [-0.39, 0.29) is 11.4 Å². The first-order chi connectivity index (χ1) is 16.2. The number of piperidine rings is 1. The van der Waals surface area contributed by atoms with Crippen LogP contribution < -0.4 is 11.1 Å². The summed E-state index contributed by atoms with van der Waals surface area (Å²) in [6, 6.07) is 12.1. The van der Waals surface area contributed by atoms with Gasteiger partial charge in [-0.3, -0.25) is 4.40 Å². The molecule has 4 rings (SSSR count). The van der Waals surface area contributed by atoms with E-state index in [0.29, 0.717) is 37.8 Å². The zero-order chi connectivity index (χ0) is 24.8. The molecule has 3 aromatic rings. The van der Waals surface area contributed by atoms with Gasteiger partial charge in [0.2, 0.25) is 0 Å². The van der Waals surface area contributed by atoms with Crippen molar-refractivity contribution in [1.82, 2.24) is 29.8 Å². The van der Waals surface area contributed by atoms with Crippen LogP contribution in [-0.4, -0.2) is 67.4 Å². The molecule has 13 heteroatoms. The molecule has 1 aliphatic heterocycles. The molecule has 1 saturated heterocycles. The Bertz CT molecular complexity index is 1110. The number of carboxylic acid groups (broad SMARTS) is 1. The van der Waals surface area contributed by atoms with E-state index in [9.17, 15) is 18.0 Å². The highest BCUT2D eigenvalue weighted by Crippen LogP contribution is 2.34. The molecule has 0 unspecified atom stereocenters. The highest BCUT2D eigenvalue weighted by atomic mass is 19.4. The van der Waals surface area contributed by atoms with Crippen molar-refractivity contribution in [2.75, 3.05) is 19.6 Å². The zero-order valence-corrected chi connectivity index (χ0v) is 18.1. The van der Waals surface area contributed by atoms with Crippen LogP contribution in [0.1, 0.15) is 24.2 Å². The Hall–Kier alpha value is -3.74. The second-order valence-electron chi connectivity index (χ2n) is 7.71. The maximum atomic E-state index is 12.6. The quantitative estimate of drug-likeness (QED) is 0.520. The molecule has 182 valence electrons. The molecule has 0 bridgehead atoms. The number of aliphatic carboxylic acids is 1. The number of halogens is 3. The lowest BCUT2D eigenvalue weighted by Gasteiger charge is -2.41. The lowest BCUT2D eigenvalue weighted by atomic mass is 9.73. The number of nitrogens with zero attached hydrogens (tertiary/aromatic N) is 5. The second kappa shape index (κ2) is 10.5. The summed E-state index contributed by atoms with van der Waals surface area (Å²) < 4.78 is 33.5. The number of hydrogen-bond donors (Lipinski definition) is 3. The molecule has 0 atom stereocenters. The van der Waals surface area contributed by atoms with Gasteiger partial charge in [-0.2, -0.15) is 13.2 Å². The first-order valence-corrected chi connectivity index (χ1v) is 10.4. The molecule has 0 saturated carbocycles. The SMILES string of the molecule is NCC1(c2ccccc2)CCN(C(=O)NCc2nnc3ncccn23)CC1.O=C(O)C(F)(F)F. The first kappa shape index (κ1) is 24.9. The molecule has 1 aliphatic rings. The molecule has 34 heavy (non-hydrogen) atoms. The van der Waals surface area contributed by atoms with Crippen molar-refractivity contribution in [3.8, 4) is 0 Å². The third-order valence-electron chi connectivity index (χ3n) is 5.68. The summed E-state index contributed by atoms with van der Waals surface area (Å²) >= 11 is 0. The van der Waals surface area contributed by atoms with Gasteiger partial charge >= 0.3 is 18.2 Å². The maximum Gasteiger partial charge on any atom is 0.490 e. The van der Waals surface area contributed by atoms with E-state index >= 15 is 0 Å². The normalized spacial score (nSPS) is 15.4. The number of aromatic nitrogens is 4. The molecule has 1 aromatic carbocycles. The number of urea groups is 1. The molecule has 2 aromatic heterocycles. The largest absolute Gasteiger partial charge is 0.490 e. The van der Waals surface area contributed by atoms with Crippen LogP contribution in [0.2, 0.25) is 0 Å². The Kier molecular flexibility index (Phi) is 7.66. The Labute approximate surface area is 192 Å². The number of carbonyl (C=O) groups is 2. The van der Waals surface area contributed by atoms with E-state index in [1.54, 1.807) is 10.6 Å². The summed E-state index contributed by atoms with van der Waals surface area (Å²) in [6.07, 6.45) is 0.133. The van der Waals surface area contributed by atoms with Crippen LogP contribution in [0, 0.1) is 0 Å². The van der Waals surface area contributed by atoms with Crippen LogP contribution in [0.3, 0.4) is 0 Å². The highest BCUT2D eigenvalue weighted by molar-refractivity contribution is 5.74. The average Bonchev–Trinajstić information content (AvgIpc) is 3.26.